The number of aryl methyl sites for hydroxylation is 1. The van der Waals surface area contributed by atoms with E-state index in [1.165, 1.54) is 6.92 Å². The molecule has 18 heavy (non-hydrogen) atoms. The number of carbonyl (C=O) groups excluding carboxylic acids is 1. The molecular formula is C11H10BrFN2O3. The third-order valence-electron chi connectivity index (χ3n) is 2.14. The molecule has 0 saturated heterocycles. The molecule has 1 aromatic rings. The number of nitrogens with zero attached hydrogens (tertiary/aromatic N) is 1. The van der Waals surface area contributed by atoms with Gasteiger partial charge in [0.1, 0.15) is 5.82 Å². The summed E-state index contributed by atoms with van der Waals surface area (Å²) < 4.78 is 14.2. The smallest absolute Gasteiger partial charge is 0.270 e. The lowest BCUT2D eigenvalue weighted by Crippen LogP contribution is -2.25. The summed E-state index contributed by atoms with van der Waals surface area (Å²) in [5, 5.41) is 13.0. The van der Waals surface area contributed by atoms with Crippen molar-refractivity contribution in [2.24, 2.45) is 0 Å². The molecular weight excluding hydrogens is 307 g/mol. The monoisotopic (exact) mass is 316 g/mol. The summed E-state index contributed by atoms with van der Waals surface area (Å²) in [6, 6.07) is 1.99. The zero-order valence-electron chi connectivity index (χ0n) is 9.50. The highest BCUT2D eigenvalue weighted by molar-refractivity contribution is 9.11. The van der Waals surface area contributed by atoms with Gasteiger partial charge >= 0.3 is 0 Å². The standard InChI is InChI=1S/C11H10BrFN2O3/c1-6-3-8(15(17)18)4-9(10(6)13)11(16)14-5-7(2)12/h3-4H,2,5H2,1H3,(H,14,16). The Morgan fingerprint density at radius 2 is 2.22 bits per heavy atom. The van der Waals surface area contributed by atoms with E-state index in [0.717, 1.165) is 12.1 Å². The average molecular weight is 317 g/mol. The molecule has 7 heteroatoms. The molecule has 0 aliphatic heterocycles. The van der Waals surface area contributed by atoms with Crippen LogP contribution in [0.25, 0.3) is 0 Å². The largest absolute Gasteiger partial charge is 0.347 e. The van der Waals surface area contributed by atoms with E-state index in [2.05, 4.69) is 27.8 Å². The maximum absolute atomic E-state index is 13.7. The van der Waals surface area contributed by atoms with Gasteiger partial charge < -0.3 is 5.32 Å². The number of benzene rings is 1. The Balaban J connectivity index is 3.10. The second kappa shape index (κ2) is 5.72. The summed E-state index contributed by atoms with van der Waals surface area (Å²) in [4.78, 5) is 21.6. The van der Waals surface area contributed by atoms with E-state index in [9.17, 15) is 19.3 Å². The second-order valence-corrected chi connectivity index (χ2v) is 4.70. The van der Waals surface area contributed by atoms with Gasteiger partial charge in [0, 0.05) is 23.2 Å². The highest BCUT2D eigenvalue weighted by atomic mass is 79.9. The van der Waals surface area contributed by atoms with Crippen LogP contribution in [0.4, 0.5) is 10.1 Å². The van der Waals surface area contributed by atoms with E-state index >= 15 is 0 Å². The van der Waals surface area contributed by atoms with Crippen molar-refractivity contribution in [2.75, 3.05) is 6.54 Å². The molecule has 0 fully saturated rings. The number of nitro groups is 1. The van der Waals surface area contributed by atoms with Crippen molar-refractivity contribution >= 4 is 27.5 Å². The maximum Gasteiger partial charge on any atom is 0.270 e. The first-order valence-electron chi connectivity index (χ1n) is 4.89. The molecule has 0 spiro atoms. The van der Waals surface area contributed by atoms with E-state index < -0.39 is 16.6 Å². The molecule has 0 aliphatic carbocycles. The average Bonchev–Trinajstić information content (AvgIpc) is 2.29. The van der Waals surface area contributed by atoms with Gasteiger partial charge in [-0.15, -0.1) is 0 Å². The summed E-state index contributed by atoms with van der Waals surface area (Å²) in [6.07, 6.45) is 0. The number of nitro benzene ring substituents is 1. The van der Waals surface area contributed by atoms with Crippen molar-refractivity contribution in [3.8, 4) is 0 Å². The fraction of sp³-hybridized carbons (Fsp3) is 0.182. The number of rotatable bonds is 4. The SMILES string of the molecule is C=C(Br)CNC(=O)c1cc([N+](=O)[O-])cc(C)c1F. The van der Waals surface area contributed by atoms with Crippen molar-refractivity contribution in [1.82, 2.24) is 5.32 Å². The van der Waals surface area contributed by atoms with Crippen LogP contribution in [-0.4, -0.2) is 17.4 Å². The van der Waals surface area contributed by atoms with Crippen molar-refractivity contribution in [3.63, 3.8) is 0 Å². The Labute approximate surface area is 111 Å². The minimum absolute atomic E-state index is 0.0482. The zero-order valence-corrected chi connectivity index (χ0v) is 11.1. The predicted octanol–water partition coefficient (Wildman–Crippen LogP) is 2.68. The fourth-order valence-electron chi connectivity index (χ4n) is 1.29. The summed E-state index contributed by atoms with van der Waals surface area (Å²) in [5.41, 5.74) is -0.626. The van der Waals surface area contributed by atoms with E-state index in [0.29, 0.717) is 4.48 Å². The normalized spacial score (nSPS) is 9.94. The number of nitrogens with one attached hydrogen (secondary N) is 1. The van der Waals surface area contributed by atoms with Crippen LogP contribution in [-0.2, 0) is 0 Å². The number of non-ortho nitro benzene ring substituents is 1. The Morgan fingerprint density at radius 3 is 2.72 bits per heavy atom. The first-order valence-corrected chi connectivity index (χ1v) is 5.68. The van der Waals surface area contributed by atoms with Crippen LogP contribution < -0.4 is 5.32 Å². The summed E-state index contributed by atoms with van der Waals surface area (Å²) in [6.45, 7) is 4.98. The summed E-state index contributed by atoms with van der Waals surface area (Å²) >= 11 is 3.03. The number of hydrogen-bond donors (Lipinski definition) is 1. The van der Waals surface area contributed by atoms with Gasteiger partial charge in [0.15, 0.2) is 0 Å². The molecule has 0 atom stereocenters. The van der Waals surface area contributed by atoms with Crippen LogP contribution in [0.1, 0.15) is 15.9 Å². The molecule has 1 rings (SSSR count). The molecule has 0 saturated carbocycles. The first kappa shape index (κ1) is 14.3. The Hall–Kier alpha value is -1.76. The van der Waals surface area contributed by atoms with E-state index in [-0.39, 0.29) is 23.4 Å². The fourth-order valence-corrected chi connectivity index (χ4v) is 1.43. The molecule has 0 unspecified atom stereocenters. The third-order valence-corrected chi connectivity index (χ3v) is 2.42. The second-order valence-electron chi connectivity index (χ2n) is 3.58. The molecule has 1 amide bonds. The topological polar surface area (TPSA) is 72.2 Å². The molecule has 0 aromatic heterocycles. The van der Waals surface area contributed by atoms with Gasteiger partial charge in [0.25, 0.3) is 11.6 Å². The quantitative estimate of drug-likeness (QED) is 0.685. The summed E-state index contributed by atoms with van der Waals surface area (Å²) in [7, 11) is 0. The van der Waals surface area contributed by atoms with Crippen LogP contribution in [0.3, 0.4) is 0 Å². The summed E-state index contributed by atoms with van der Waals surface area (Å²) in [5.74, 6) is -1.49. The highest BCUT2D eigenvalue weighted by Gasteiger charge is 2.19. The highest BCUT2D eigenvalue weighted by Crippen LogP contribution is 2.21. The van der Waals surface area contributed by atoms with Crippen LogP contribution in [0.15, 0.2) is 23.2 Å². The van der Waals surface area contributed by atoms with E-state index in [1.54, 1.807) is 0 Å². The van der Waals surface area contributed by atoms with Crippen molar-refractivity contribution in [3.05, 3.63) is 50.3 Å². The Kier molecular flexibility index (Phi) is 4.55. The van der Waals surface area contributed by atoms with E-state index in [4.69, 9.17) is 0 Å². The van der Waals surface area contributed by atoms with Gasteiger partial charge in [-0.05, 0) is 12.5 Å². The number of halogens is 2. The maximum atomic E-state index is 13.7. The lowest BCUT2D eigenvalue weighted by Gasteiger charge is -2.07. The van der Waals surface area contributed by atoms with Gasteiger partial charge in [-0.3, -0.25) is 14.9 Å². The lowest BCUT2D eigenvalue weighted by molar-refractivity contribution is -0.385. The first-order chi connectivity index (χ1) is 8.32. The van der Waals surface area contributed by atoms with Crippen molar-refractivity contribution in [1.29, 1.82) is 0 Å². The van der Waals surface area contributed by atoms with Crippen molar-refractivity contribution in [2.45, 2.75) is 6.92 Å². The minimum atomic E-state index is -0.765. The van der Waals surface area contributed by atoms with Crippen LogP contribution in [0.2, 0.25) is 0 Å². The zero-order chi connectivity index (χ0) is 13.9. The molecule has 0 radical (unpaired) electrons. The molecule has 1 N–H and O–H groups in total. The van der Waals surface area contributed by atoms with Crippen LogP contribution in [0, 0.1) is 22.9 Å². The molecule has 1 aromatic carbocycles. The molecule has 96 valence electrons. The third kappa shape index (κ3) is 3.36. The molecule has 5 nitrogen and oxygen atoms in total. The Morgan fingerprint density at radius 1 is 1.61 bits per heavy atom. The van der Waals surface area contributed by atoms with Crippen molar-refractivity contribution < 1.29 is 14.1 Å². The van der Waals surface area contributed by atoms with Gasteiger partial charge in [0.05, 0.1) is 10.5 Å². The molecule has 0 aliphatic rings. The van der Waals surface area contributed by atoms with Gasteiger partial charge in [0.2, 0.25) is 0 Å². The number of carbonyl (C=O) groups is 1. The van der Waals surface area contributed by atoms with E-state index in [1.807, 2.05) is 0 Å². The Bertz CT molecular complexity index is 531. The minimum Gasteiger partial charge on any atom is -0.347 e. The predicted molar refractivity (Wildman–Crippen MR) is 68.2 cm³/mol. The molecule has 0 bridgehead atoms. The number of hydrogen-bond acceptors (Lipinski definition) is 3. The van der Waals surface area contributed by atoms with Gasteiger partial charge in [-0.2, -0.15) is 0 Å². The lowest BCUT2D eigenvalue weighted by atomic mass is 10.1. The van der Waals surface area contributed by atoms with Gasteiger partial charge in [-0.1, -0.05) is 22.5 Å². The van der Waals surface area contributed by atoms with Gasteiger partial charge in [-0.25, -0.2) is 4.39 Å². The van der Waals surface area contributed by atoms with Crippen LogP contribution in [0.5, 0.6) is 0 Å². The number of amides is 1. The molecule has 0 heterocycles. The van der Waals surface area contributed by atoms with Crippen LogP contribution >= 0.6 is 15.9 Å².